The minimum absolute atomic E-state index is 0.0320. The van der Waals surface area contributed by atoms with Gasteiger partial charge in [0.1, 0.15) is 0 Å². The van der Waals surface area contributed by atoms with Crippen LogP contribution in [0.4, 0.5) is 8.78 Å². The molecule has 1 aliphatic carbocycles. The third-order valence-corrected chi connectivity index (χ3v) is 3.23. The standard InChI is InChI=1S/C11H19F2NO/c1-3-10-6-9(7-14-8(2)15)4-5-11(10,12)13/h9-10H,3-7H2,1-2H3,(H,14,15). The molecule has 15 heavy (non-hydrogen) atoms. The fourth-order valence-electron chi connectivity index (χ4n) is 2.23. The first-order valence-electron chi connectivity index (χ1n) is 5.58. The molecule has 0 radical (unpaired) electrons. The van der Waals surface area contributed by atoms with Gasteiger partial charge < -0.3 is 5.32 Å². The smallest absolute Gasteiger partial charge is 0.250 e. The maximum absolute atomic E-state index is 13.4. The Balaban J connectivity index is 2.43. The van der Waals surface area contributed by atoms with Gasteiger partial charge in [0.2, 0.25) is 5.91 Å². The second-order valence-electron chi connectivity index (χ2n) is 4.44. The van der Waals surface area contributed by atoms with Crippen LogP contribution in [0, 0.1) is 11.8 Å². The summed E-state index contributed by atoms with van der Waals surface area (Å²) in [5.41, 5.74) is 0. The van der Waals surface area contributed by atoms with Crippen molar-refractivity contribution in [3.05, 3.63) is 0 Å². The molecule has 0 spiro atoms. The van der Waals surface area contributed by atoms with Crippen LogP contribution in [-0.4, -0.2) is 18.4 Å². The maximum Gasteiger partial charge on any atom is 0.250 e. The molecule has 1 aliphatic rings. The van der Waals surface area contributed by atoms with E-state index < -0.39 is 11.8 Å². The molecule has 2 nitrogen and oxygen atoms in total. The van der Waals surface area contributed by atoms with Crippen LogP contribution in [0.1, 0.15) is 39.5 Å². The van der Waals surface area contributed by atoms with Crippen LogP contribution in [0.3, 0.4) is 0 Å². The Bertz CT molecular complexity index is 231. The zero-order valence-corrected chi connectivity index (χ0v) is 9.35. The highest BCUT2D eigenvalue weighted by molar-refractivity contribution is 5.72. The predicted molar refractivity (Wildman–Crippen MR) is 54.8 cm³/mol. The van der Waals surface area contributed by atoms with Gasteiger partial charge in [-0.05, 0) is 25.2 Å². The highest BCUT2D eigenvalue weighted by atomic mass is 19.3. The van der Waals surface area contributed by atoms with Gasteiger partial charge in [-0.25, -0.2) is 8.78 Å². The summed E-state index contributed by atoms with van der Waals surface area (Å²) in [6.07, 6.45) is 1.53. The molecule has 1 amide bonds. The zero-order chi connectivity index (χ0) is 11.5. The molecular weight excluding hydrogens is 200 g/mol. The summed E-state index contributed by atoms with van der Waals surface area (Å²) >= 11 is 0. The van der Waals surface area contributed by atoms with Gasteiger partial charge in [-0.2, -0.15) is 0 Å². The van der Waals surface area contributed by atoms with Gasteiger partial charge in [0.05, 0.1) is 0 Å². The van der Waals surface area contributed by atoms with E-state index >= 15 is 0 Å². The first-order valence-corrected chi connectivity index (χ1v) is 5.58. The van der Waals surface area contributed by atoms with Gasteiger partial charge in [0.25, 0.3) is 5.92 Å². The molecule has 0 bridgehead atoms. The Morgan fingerprint density at radius 1 is 1.53 bits per heavy atom. The van der Waals surface area contributed by atoms with E-state index in [0.29, 0.717) is 25.8 Å². The van der Waals surface area contributed by atoms with Gasteiger partial charge in [-0.3, -0.25) is 4.79 Å². The van der Waals surface area contributed by atoms with E-state index in [0.717, 1.165) is 0 Å². The average molecular weight is 219 g/mol. The Morgan fingerprint density at radius 3 is 2.73 bits per heavy atom. The number of hydrogen-bond acceptors (Lipinski definition) is 1. The lowest BCUT2D eigenvalue weighted by atomic mass is 9.77. The topological polar surface area (TPSA) is 29.1 Å². The zero-order valence-electron chi connectivity index (χ0n) is 9.35. The number of rotatable bonds is 3. The van der Waals surface area contributed by atoms with Crippen molar-refractivity contribution in [3.8, 4) is 0 Å². The van der Waals surface area contributed by atoms with Crippen molar-refractivity contribution < 1.29 is 13.6 Å². The molecule has 1 fully saturated rings. The summed E-state index contributed by atoms with van der Waals surface area (Å²) in [5, 5.41) is 2.70. The second kappa shape index (κ2) is 4.90. The number of carbonyl (C=O) groups excluding carboxylic acids is 1. The molecule has 2 atom stereocenters. The lowest BCUT2D eigenvalue weighted by molar-refractivity contribution is -0.120. The van der Waals surface area contributed by atoms with Gasteiger partial charge in [0.15, 0.2) is 0 Å². The van der Waals surface area contributed by atoms with Gasteiger partial charge in [-0.1, -0.05) is 6.92 Å². The normalized spacial score (nSPS) is 29.9. The first kappa shape index (κ1) is 12.4. The molecule has 0 saturated heterocycles. The Kier molecular flexibility index (Phi) is 4.05. The second-order valence-corrected chi connectivity index (χ2v) is 4.44. The fraction of sp³-hybridized carbons (Fsp3) is 0.909. The van der Waals surface area contributed by atoms with Crippen LogP contribution >= 0.6 is 0 Å². The number of halogens is 2. The molecule has 1 rings (SSSR count). The molecule has 0 aromatic rings. The number of amides is 1. The maximum atomic E-state index is 13.4. The van der Waals surface area contributed by atoms with Crippen LogP contribution in [0.15, 0.2) is 0 Å². The minimum Gasteiger partial charge on any atom is -0.356 e. The molecule has 0 aromatic heterocycles. The number of alkyl halides is 2. The molecule has 1 saturated carbocycles. The van der Waals surface area contributed by atoms with Gasteiger partial charge >= 0.3 is 0 Å². The van der Waals surface area contributed by atoms with Crippen LogP contribution in [0.2, 0.25) is 0 Å². The summed E-state index contributed by atoms with van der Waals surface area (Å²) in [5.74, 6) is -2.87. The Labute approximate surface area is 89.4 Å². The SMILES string of the molecule is CCC1CC(CNC(C)=O)CCC1(F)F. The van der Waals surface area contributed by atoms with E-state index in [1.165, 1.54) is 6.92 Å². The molecule has 0 aromatic carbocycles. The summed E-state index contributed by atoms with van der Waals surface area (Å²) in [6.45, 7) is 3.80. The predicted octanol–water partition coefficient (Wildman–Crippen LogP) is 2.58. The molecular formula is C11H19F2NO. The summed E-state index contributed by atoms with van der Waals surface area (Å²) in [7, 11) is 0. The Morgan fingerprint density at radius 2 is 2.20 bits per heavy atom. The van der Waals surface area contributed by atoms with Gasteiger partial charge in [-0.15, -0.1) is 0 Å². The molecule has 0 aliphatic heterocycles. The van der Waals surface area contributed by atoms with E-state index in [1.54, 1.807) is 6.92 Å². The molecule has 2 unspecified atom stereocenters. The number of nitrogens with one attached hydrogen (secondary N) is 1. The lowest BCUT2D eigenvalue weighted by Crippen LogP contribution is -2.38. The lowest BCUT2D eigenvalue weighted by Gasteiger charge is -2.35. The third-order valence-electron chi connectivity index (χ3n) is 3.23. The van der Waals surface area contributed by atoms with Crippen molar-refractivity contribution in [3.63, 3.8) is 0 Å². The number of hydrogen-bond donors (Lipinski definition) is 1. The van der Waals surface area contributed by atoms with Crippen LogP contribution in [0.25, 0.3) is 0 Å². The molecule has 0 heterocycles. The fourth-order valence-corrected chi connectivity index (χ4v) is 2.23. The van der Waals surface area contributed by atoms with Crippen molar-refractivity contribution >= 4 is 5.91 Å². The van der Waals surface area contributed by atoms with Crippen molar-refractivity contribution in [1.82, 2.24) is 5.32 Å². The van der Waals surface area contributed by atoms with Crippen molar-refractivity contribution in [2.24, 2.45) is 11.8 Å². The third kappa shape index (κ3) is 3.43. The number of carbonyl (C=O) groups is 1. The highest BCUT2D eigenvalue weighted by Gasteiger charge is 2.43. The monoisotopic (exact) mass is 219 g/mol. The highest BCUT2D eigenvalue weighted by Crippen LogP contribution is 2.42. The van der Waals surface area contributed by atoms with Crippen molar-refractivity contribution in [1.29, 1.82) is 0 Å². The van der Waals surface area contributed by atoms with Crippen molar-refractivity contribution in [2.75, 3.05) is 6.54 Å². The van der Waals surface area contributed by atoms with E-state index in [2.05, 4.69) is 5.32 Å². The van der Waals surface area contributed by atoms with Crippen LogP contribution in [-0.2, 0) is 4.79 Å². The Hall–Kier alpha value is -0.670. The van der Waals surface area contributed by atoms with Crippen LogP contribution < -0.4 is 5.32 Å². The van der Waals surface area contributed by atoms with E-state index in [1.807, 2.05) is 0 Å². The van der Waals surface area contributed by atoms with E-state index in [4.69, 9.17) is 0 Å². The molecule has 4 heteroatoms. The average Bonchev–Trinajstić information content (AvgIpc) is 2.15. The van der Waals surface area contributed by atoms with E-state index in [9.17, 15) is 13.6 Å². The molecule has 1 N–H and O–H groups in total. The summed E-state index contributed by atoms with van der Waals surface area (Å²) in [4.78, 5) is 10.7. The quantitative estimate of drug-likeness (QED) is 0.776. The first-order chi connectivity index (χ1) is 6.95. The summed E-state index contributed by atoms with van der Waals surface area (Å²) in [6, 6.07) is 0. The van der Waals surface area contributed by atoms with Gasteiger partial charge in [0, 0.05) is 25.8 Å². The van der Waals surface area contributed by atoms with Crippen LogP contribution in [0.5, 0.6) is 0 Å². The minimum atomic E-state index is -2.50. The largest absolute Gasteiger partial charge is 0.356 e. The van der Waals surface area contributed by atoms with E-state index in [-0.39, 0.29) is 18.2 Å². The molecule has 88 valence electrons. The van der Waals surface area contributed by atoms with Crippen molar-refractivity contribution in [2.45, 2.75) is 45.5 Å². The summed E-state index contributed by atoms with van der Waals surface area (Å²) < 4.78 is 26.7.